The Kier molecular flexibility index (Phi) is 7.12. The maximum Gasteiger partial charge on any atom is 0.261 e. The molecule has 2 aromatic heterocycles. The van der Waals surface area contributed by atoms with Crippen LogP contribution in [0.3, 0.4) is 0 Å². The molecule has 0 aliphatic carbocycles. The van der Waals surface area contributed by atoms with E-state index in [1.54, 1.807) is 23.2 Å². The number of nitrogens with zero attached hydrogens (tertiary/aromatic N) is 6. The van der Waals surface area contributed by atoms with Crippen molar-refractivity contribution in [3.63, 3.8) is 0 Å². The molecule has 1 aromatic carbocycles. The van der Waals surface area contributed by atoms with Gasteiger partial charge < -0.3 is 24.5 Å². The molecular formula is C29H32ClFN6O3. The van der Waals surface area contributed by atoms with Crippen LogP contribution in [-0.2, 0) is 0 Å². The number of benzene rings is 1. The molecule has 2 saturated heterocycles. The Balaban J connectivity index is 1.54. The predicted octanol–water partition coefficient (Wildman–Crippen LogP) is 3.25. The topological polar surface area (TPSA) is 85.3 Å². The molecule has 6 rings (SSSR count). The number of rotatable bonds is 4. The van der Waals surface area contributed by atoms with E-state index in [9.17, 15) is 9.90 Å². The molecule has 0 radical (unpaired) electrons. The van der Waals surface area contributed by atoms with Gasteiger partial charge in [0.1, 0.15) is 40.7 Å². The van der Waals surface area contributed by atoms with Gasteiger partial charge in [-0.3, -0.25) is 14.7 Å². The fourth-order valence-electron chi connectivity index (χ4n) is 6.03. The number of amides is 1. The van der Waals surface area contributed by atoms with Gasteiger partial charge in [-0.05, 0) is 38.2 Å². The first-order valence-electron chi connectivity index (χ1n) is 13.5. The number of hydrogen-bond acceptors (Lipinski definition) is 8. The number of carbonyl (C=O) groups is 1. The molecule has 3 atom stereocenters. The van der Waals surface area contributed by atoms with Crippen molar-refractivity contribution in [3.8, 4) is 17.0 Å². The molecule has 40 heavy (non-hydrogen) atoms. The molecule has 0 saturated carbocycles. The van der Waals surface area contributed by atoms with Crippen LogP contribution in [0.4, 0.5) is 10.2 Å². The highest BCUT2D eigenvalue weighted by Crippen LogP contribution is 2.45. The minimum atomic E-state index is -0.816. The van der Waals surface area contributed by atoms with E-state index < -0.39 is 12.0 Å². The van der Waals surface area contributed by atoms with E-state index in [2.05, 4.69) is 35.3 Å². The molecule has 11 heteroatoms. The van der Waals surface area contributed by atoms with Crippen molar-refractivity contribution in [3.05, 3.63) is 59.5 Å². The molecule has 1 unspecified atom stereocenters. The van der Waals surface area contributed by atoms with Crippen LogP contribution in [0.1, 0.15) is 17.3 Å². The SMILES string of the molecule is C=CC(O)N1CCN2C(=O)c3c(N4CCN(C)C[C@@H]4C)nc(-c4c(F)ccc5cccnc45)c(Cl)c3OC[C@H]2C1. The molecule has 1 N–H and O–H groups in total. The van der Waals surface area contributed by atoms with Crippen molar-refractivity contribution >= 4 is 34.2 Å². The fourth-order valence-corrected chi connectivity index (χ4v) is 6.32. The van der Waals surface area contributed by atoms with Crippen molar-refractivity contribution in [2.45, 2.75) is 25.2 Å². The van der Waals surface area contributed by atoms with Crippen LogP contribution in [0.2, 0.25) is 5.02 Å². The van der Waals surface area contributed by atoms with E-state index in [-0.39, 0.29) is 46.6 Å². The van der Waals surface area contributed by atoms with Crippen LogP contribution < -0.4 is 9.64 Å². The third kappa shape index (κ3) is 4.49. The third-order valence-electron chi connectivity index (χ3n) is 8.13. The Morgan fingerprint density at radius 1 is 1.18 bits per heavy atom. The summed E-state index contributed by atoms with van der Waals surface area (Å²) in [6.45, 7) is 9.40. The van der Waals surface area contributed by atoms with Crippen LogP contribution in [0.25, 0.3) is 22.2 Å². The first-order chi connectivity index (χ1) is 19.3. The normalized spacial score (nSPS) is 22.9. The Morgan fingerprint density at radius 3 is 2.75 bits per heavy atom. The molecule has 3 aromatic rings. The van der Waals surface area contributed by atoms with Gasteiger partial charge in [0.05, 0.1) is 17.1 Å². The first kappa shape index (κ1) is 26.9. The summed E-state index contributed by atoms with van der Waals surface area (Å²) in [4.78, 5) is 31.6. The molecule has 1 amide bonds. The smallest absolute Gasteiger partial charge is 0.261 e. The number of aliphatic hydroxyl groups is 1. The Labute approximate surface area is 237 Å². The van der Waals surface area contributed by atoms with Gasteiger partial charge >= 0.3 is 0 Å². The molecule has 0 spiro atoms. The van der Waals surface area contributed by atoms with Gasteiger partial charge in [0.15, 0.2) is 5.75 Å². The second kappa shape index (κ2) is 10.6. The highest BCUT2D eigenvalue weighted by Gasteiger charge is 2.41. The van der Waals surface area contributed by atoms with Gasteiger partial charge in [0.2, 0.25) is 0 Å². The average molecular weight is 567 g/mol. The summed E-state index contributed by atoms with van der Waals surface area (Å²) in [6.07, 6.45) is 2.26. The number of halogens is 2. The molecule has 9 nitrogen and oxygen atoms in total. The second-order valence-corrected chi connectivity index (χ2v) is 11.1. The Morgan fingerprint density at radius 2 is 1.98 bits per heavy atom. The van der Waals surface area contributed by atoms with Crippen LogP contribution in [0.15, 0.2) is 43.1 Å². The van der Waals surface area contributed by atoms with E-state index in [1.165, 1.54) is 12.1 Å². The van der Waals surface area contributed by atoms with Crippen molar-refractivity contribution < 1.29 is 19.0 Å². The van der Waals surface area contributed by atoms with Crippen molar-refractivity contribution in [2.75, 3.05) is 57.8 Å². The summed E-state index contributed by atoms with van der Waals surface area (Å²) in [5.41, 5.74) is 1.09. The first-order valence-corrected chi connectivity index (χ1v) is 13.9. The summed E-state index contributed by atoms with van der Waals surface area (Å²) in [5, 5.41) is 11.2. The lowest BCUT2D eigenvalue weighted by Gasteiger charge is -2.42. The summed E-state index contributed by atoms with van der Waals surface area (Å²) >= 11 is 7.00. The maximum absolute atomic E-state index is 15.6. The van der Waals surface area contributed by atoms with Crippen LogP contribution >= 0.6 is 11.6 Å². The van der Waals surface area contributed by atoms with Gasteiger partial charge in [-0.15, -0.1) is 0 Å². The third-order valence-corrected chi connectivity index (χ3v) is 8.48. The van der Waals surface area contributed by atoms with Gasteiger partial charge in [-0.1, -0.05) is 24.2 Å². The highest BCUT2D eigenvalue weighted by atomic mass is 35.5. The number of fused-ring (bicyclic) bond motifs is 3. The molecule has 3 aliphatic heterocycles. The largest absolute Gasteiger partial charge is 0.489 e. The zero-order valence-corrected chi connectivity index (χ0v) is 23.3. The van der Waals surface area contributed by atoms with Gasteiger partial charge in [-0.2, -0.15) is 0 Å². The van der Waals surface area contributed by atoms with E-state index in [0.717, 1.165) is 18.5 Å². The number of anilines is 1. The molecule has 5 heterocycles. The lowest BCUT2D eigenvalue weighted by Crippen LogP contribution is -2.58. The monoisotopic (exact) mass is 566 g/mol. The zero-order chi connectivity index (χ0) is 28.1. The van der Waals surface area contributed by atoms with Gasteiger partial charge in [-0.25, -0.2) is 9.37 Å². The summed E-state index contributed by atoms with van der Waals surface area (Å²) < 4.78 is 21.9. The lowest BCUT2D eigenvalue weighted by atomic mass is 10.0. The second-order valence-electron chi connectivity index (χ2n) is 10.7. The average Bonchev–Trinajstić information content (AvgIpc) is 3.10. The summed E-state index contributed by atoms with van der Waals surface area (Å²) in [6, 6.07) is 6.41. The number of aromatic nitrogens is 2. The minimum Gasteiger partial charge on any atom is -0.489 e. The number of piperazine rings is 2. The highest BCUT2D eigenvalue weighted by molar-refractivity contribution is 6.36. The van der Waals surface area contributed by atoms with Gasteiger partial charge in [0.25, 0.3) is 5.91 Å². The molecule has 2 fully saturated rings. The van der Waals surface area contributed by atoms with Crippen LogP contribution in [0, 0.1) is 5.82 Å². The van der Waals surface area contributed by atoms with Crippen molar-refractivity contribution in [2.24, 2.45) is 0 Å². The number of carbonyl (C=O) groups excluding carboxylic acids is 1. The van der Waals surface area contributed by atoms with E-state index in [1.807, 2.05) is 11.0 Å². The molecule has 0 bridgehead atoms. The summed E-state index contributed by atoms with van der Waals surface area (Å²) in [5.74, 6) is -0.106. The predicted molar refractivity (Wildman–Crippen MR) is 152 cm³/mol. The van der Waals surface area contributed by atoms with E-state index in [0.29, 0.717) is 43.1 Å². The minimum absolute atomic E-state index is 0.0336. The van der Waals surface area contributed by atoms with E-state index in [4.69, 9.17) is 21.3 Å². The van der Waals surface area contributed by atoms with E-state index >= 15 is 4.39 Å². The Hall–Kier alpha value is -3.31. The van der Waals surface area contributed by atoms with Crippen molar-refractivity contribution in [1.82, 2.24) is 24.7 Å². The quantitative estimate of drug-likeness (QED) is 0.482. The summed E-state index contributed by atoms with van der Waals surface area (Å²) in [7, 11) is 2.06. The molecule has 210 valence electrons. The molecular weight excluding hydrogens is 535 g/mol. The maximum atomic E-state index is 15.6. The van der Waals surface area contributed by atoms with Crippen LogP contribution in [-0.4, -0.2) is 107 Å². The van der Waals surface area contributed by atoms with Crippen LogP contribution in [0.5, 0.6) is 5.75 Å². The number of aliphatic hydroxyl groups excluding tert-OH is 1. The number of likely N-dealkylation sites (N-methyl/N-ethyl adjacent to an activating group) is 1. The fraction of sp³-hybridized carbons (Fsp3) is 0.414. The van der Waals surface area contributed by atoms with Gasteiger partial charge in [0, 0.05) is 56.9 Å². The van der Waals surface area contributed by atoms with Crippen molar-refractivity contribution in [1.29, 1.82) is 0 Å². The molecule has 3 aliphatic rings. The number of ether oxygens (including phenoxy) is 1. The zero-order valence-electron chi connectivity index (χ0n) is 22.6. The number of hydrogen-bond donors (Lipinski definition) is 1. The number of pyridine rings is 2. The standard InChI is InChI=1S/C29H32ClFN6O3/c1-4-21(38)35-11-13-37-19(15-35)16-40-27-23(29(37)39)28(36-12-10-34(3)14-17(36)2)33-26(24(27)30)22-20(31)8-7-18-6-5-9-32-25(18)22/h4-9,17,19,21,38H,1,10-16H2,2-3H3/t17-,19+,21?/m0/s1. The lowest BCUT2D eigenvalue weighted by molar-refractivity contribution is -0.0200. The Bertz CT molecular complexity index is 1490.